The molecule has 1 N–H and O–H groups in total. The van der Waals surface area contributed by atoms with Crippen LogP contribution in [0.2, 0.25) is 5.02 Å². The number of nitrogens with zero attached hydrogens (tertiary/aromatic N) is 2. The highest BCUT2D eigenvalue weighted by Crippen LogP contribution is 2.26. The van der Waals surface area contributed by atoms with Crippen LogP contribution in [0, 0.1) is 11.8 Å². The van der Waals surface area contributed by atoms with Crippen molar-refractivity contribution < 1.29 is 9.32 Å². The van der Waals surface area contributed by atoms with Crippen molar-refractivity contribution in [3.8, 4) is 11.4 Å². The van der Waals surface area contributed by atoms with Crippen LogP contribution < -0.4 is 5.32 Å². The number of hydrogen-bond acceptors (Lipinski definition) is 4. The monoisotopic (exact) mass is 349 g/mol. The van der Waals surface area contributed by atoms with Crippen molar-refractivity contribution in [1.82, 2.24) is 15.5 Å². The van der Waals surface area contributed by atoms with Gasteiger partial charge in [-0.15, -0.1) is 0 Å². The Morgan fingerprint density at radius 3 is 2.71 bits per heavy atom. The van der Waals surface area contributed by atoms with Crippen molar-refractivity contribution >= 4 is 17.5 Å². The zero-order valence-electron chi connectivity index (χ0n) is 14.5. The summed E-state index contributed by atoms with van der Waals surface area (Å²) in [6.07, 6.45) is 1.36. The van der Waals surface area contributed by atoms with E-state index in [4.69, 9.17) is 16.1 Å². The maximum atomic E-state index is 12.2. The number of carbonyl (C=O) groups excluding carboxylic acids is 1. The highest BCUT2D eigenvalue weighted by Gasteiger charge is 2.26. The Labute approximate surface area is 147 Å². The number of halogens is 1. The fraction of sp³-hybridized carbons (Fsp3) is 0.500. The lowest BCUT2D eigenvalue weighted by atomic mass is 9.98. The van der Waals surface area contributed by atoms with Crippen molar-refractivity contribution in [2.24, 2.45) is 11.8 Å². The van der Waals surface area contributed by atoms with Gasteiger partial charge in [0.05, 0.1) is 0 Å². The second kappa shape index (κ2) is 8.29. The predicted octanol–water partition coefficient (Wildman–Crippen LogP) is 4.64. The molecule has 0 saturated heterocycles. The lowest BCUT2D eigenvalue weighted by Crippen LogP contribution is -2.33. The first-order chi connectivity index (χ1) is 11.4. The largest absolute Gasteiger partial charge is 0.344 e. The van der Waals surface area contributed by atoms with E-state index in [-0.39, 0.29) is 17.9 Å². The summed E-state index contributed by atoms with van der Waals surface area (Å²) in [7, 11) is 0. The van der Waals surface area contributed by atoms with Crippen LogP contribution in [-0.2, 0) is 4.79 Å². The molecule has 2 aromatic rings. The molecule has 24 heavy (non-hydrogen) atoms. The summed E-state index contributed by atoms with van der Waals surface area (Å²) >= 11 is 6.01. The molecule has 1 amide bonds. The Bertz CT molecular complexity index is 684. The van der Waals surface area contributed by atoms with E-state index in [2.05, 4.69) is 29.3 Å². The Morgan fingerprint density at radius 2 is 2.08 bits per heavy atom. The van der Waals surface area contributed by atoms with Crippen LogP contribution in [0.3, 0.4) is 0 Å². The maximum absolute atomic E-state index is 12.2. The predicted molar refractivity (Wildman–Crippen MR) is 94.5 cm³/mol. The zero-order valence-corrected chi connectivity index (χ0v) is 15.3. The highest BCUT2D eigenvalue weighted by molar-refractivity contribution is 6.30. The van der Waals surface area contributed by atoms with E-state index in [0.717, 1.165) is 12.0 Å². The quantitative estimate of drug-likeness (QED) is 0.790. The van der Waals surface area contributed by atoms with E-state index in [1.807, 2.05) is 26.0 Å². The maximum Gasteiger partial charge on any atom is 0.249 e. The lowest BCUT2D eigenvalue weighted by Gasteiger charge is -2.21. The summed E-state index contributed by atoms with van der Waals surface area (Å²) in [6.45, 7) is 8.16. The van der Waals surface area contributed by atoms with E-state index in [1.165, 1.54) is 0 Å². The van der Waals surface area contributed by atoms with Crippen molar-refractivity contribution in [2.75, 3.05) is 0 Å². The van der Waals surface area contributed by atoms with Gasteiger partial charge in [-0.3, -0.25) is 4.79 Å². The molecule has 1 aromatic heterocycles. The number of nitrogens with one attached hydrogen (secondary N) is 1. The number of rotatable bonds is 7. The third-order valence-electron chi connectivity index (χ3n) is 3.91. The van der Waals surface area contributed by atoms with Gasteiger partial charge in [0, 0.05) is 17.0 Å². The van der Waals surface area contributed by atoms with Gasteiger partial charge in [0.15, 0.2) is 0 Å². The zero-order chi connectivity index (χ0) is 17.7. The summed E-state index contributed by atoms with van der Waals surface area (Å²) in [4.78, 5) is 16.6. The number of carbonyl (C=O) groups is 1. The van der Waals surface area contributed by atoms with Crippen LogP contribution in [0.4, 0.5) is 0 Å². The molecule has 0 saturated carbocycles. The molecule has 0 spiro atoms. The average molecular weight is 350 g/mol. The molecule has 0 bridgehead atoms. The van der Waals surface area contributed by atoms with E-state index in [0.29, 0.717) is 29.1 Å². The van der Waals surface area contributed by atoms with Gasteiger partial charge in [-0.05, 0) is 24.0 Å². The SMILES string of the molecule is CC[C@H](C)[C@@H](NC(=O)CC(C)C)c1nc(-c2cccc(Cl)c2)no1. The lowest BCUT2D eigenvalue weighted by molar-refractivity contribution is -0.123. The highest BCUT2D eigenvalue weighted by atomic mass is 35.5. The number of benzene rings is 1. The molecule has 5 nitrogen and oxygen atoms in total. The molecule has 0 aliphatic rings. The second-order valence-corrected chi connectivity index (χ2v) is 6.93. The fourth-order valence-corrected chi connectivity index (χ4v) is 2.58. The summed E-state index contributed by atoms with van der Waals surface area (Å²) in [5, 5.41) is 7.68. The molecule has 130 valence electrons. The summed E-state index contributed by atoms with van der Waals surface area (Å²) in [5.74, 6) is 1.38. The molecule has 0 aliphatic heterocycles. The van der Waals surface area contributed by atoms with E-state index in [9.17, 15) is 4.79 Å². The van der Waals surface area contributed by atoms with Gasteiger partial charge in [0.25, 0.3) is 0 Å². The first-order valence-corrected chi connectivity index (χ1v) is 8.67. The Hall–Kier alpha value is -1.88. The van der Waals surface area contributed by atoms with Gasteiger partial charge < -0.3 is 9.84 Å². The van der Waals surface area contributed by atoms with Crippen molar-refractivity contribution in [1.29, 1.82) is 0 Å². The Kier molecular flexibility index (Phi) is 6.37. The van der Waals surface area contributed by atoms with Gasteiger partial charge in [-0.2, -0.15) is 4.98 Å². The van der Waals surface area contributed by atoms with Gasteiger partial charge in [-0.1, -0.05) is 63.0 Å². The molecule has 0 aliphatic carbocycles. The molecule has 1 aromatic carbocycles. The van der Waals surface area contributed by atoms with Gasteiger partial charge in [-0.25, -0.2) is 0 Å². The molecular formula is C18H24ClN3O2. The minimum absolute atomic E-state index is 0.00203. The first kappa shape index (κ1) is 18.5. The average Bonchev–Trinajstić information content (AvgIpc) is 3.01. The van der Waals surface area contributed by atoms with Gasteiger partial charge in [0.2, 0.25) is 17.6 Å². The van der Waals surface area contributed by atoms with Crippen LogP contribution in [0.5, 0.6) is 0 Å². The Balaban J connectivity index is 2.23. The van der Waals surface area contributed by atoms with Gasteiger partial charge >= 0.3 is 0 Å². The van der Waals surface area contributed by atoms with Crippen LogP contribution in [0.25, 0.3) is 11.4 Å². The van der Waals surface area contributed by atoms with E-state index >= 15 is 0 Å². The first-order valence-electron chi connectivity index (χ1n) is 8.29. The second-order valence-electron chi connectivity index (χ2n) is 6.50. The molecule has 0 radical (unpaired) electrons. The van der Waals surface area contributed by atoms with E-state index in [1.54, 1.807) is 12.1 Å². The van der Waals surface area contributed by atoms with Crippen LogP contribution >= 0.6 is 11.6 Å². The van der Waals surface area contributed by atoms with Gasteiger partial charge in [0.1, 0.15) is 6.04 Å². The fourth-order valence-electron chi connectivity index (χ4n) is 2.39. The minimum atomic E-state index is -0.290. The topological polar surface area (TPSA) is 68.0 Å². The normalized spacial score (nSPS) is 13.8. The Morgan fingerprint density at radius 1 is 1.33 bits per heavy atom. The summed E-state index contributed by atoms with van der Waals surface area (Å²) < 4.78 is 5.43. The number of amides is 1. The molecule has 2 rings (SSSR count). The van der Waals surface area contributed by atoms with Crippen molar-refractivity contribution in [2.45, 2.75) is 46.6 Å². The standard InChI is InChI=1S/C18H24ClN3O2/c1-5-12(4)16(20-15(23)9-11(2)3)18-21-17(22-24-18)13-7-6-8-14(19)10-13/h6-8,10-12,16H,5,9H2,1-4H3,(H,20,23)/t12-,16+/m0/s1. The molecule has 2 atom stereocenters. The minimum Gasteiger partial charge on any atom is -0.344 e. The van der Waals surface area contributed by atoms with Crippen molar-refractivity contribution in [3.63, 3.8) is 0 Å². The molecule has 0 fully saturated rings. The summed E-state index contributed by atoms with van der Waals surface area (Å²) in [5.41, 5.74) is 0.786. The van der Waals surface area contributed by atoms with Crippen molar-refractivity contribution in [3.05, 3.63) is 35.2 Å². The molecule has 6 heteroatoms. The van der Waals surface area contributed by atoms with Crippen LogP contribution in [0.15, 0.2) is 28.8 Å². The number of aromatic nitrogens is 2. The van der Waals surface area contributed by atoms with Crippen LogP contribution in [-0.4, -0.2) is 16.0 Å². The molecule has 1 heterocycles. The number of hydrogen-bond donors (Lipinski definition) is 1. The third-order valence-corrected chi connectivity index (χ3v) is 4.15. The third kappa shape index (κ3) is 4.81. The van der Waals surface area contributed by atoms with E-state index < -0.39 is 0 Å². The van der Waals surface area contributed by atoms with Crippen LogP contribution in [0.1, 0.15) is 52.5 Å². The molecule has 0 unspecified atom stereocenters. The summed E-state index contributed by atoms with van der Waals surface area (Å²) in [6, 6.07) is 6.99. The molecular weight excluding hydrogens is 326 g/mol. The smallest absolute Gasteiger partial charge is 0.249 e.